The van der Waals surface area contributed by atoms with Crippen LogP contribution >= 0.6 is 0 Å². The minimum Gasteiger partial charge on any atom is -0.455 e. The lowest BCUT2D eigenvalue weighted by Gasteiger charge is -2.18. The Kier molecular flexibility index (Phi) is 7.01. The van der Waals surface area contributed by atoms with Crippen molar-refractivity contribution >= 4 is 11.6 Å². The van der Waals surface area contributed by atoms with Crippen molar-refractivity contribution in [1.82, 2.24) is 9.88 Å². The van der Waals surface area contributed by atoms with E-state index in [0.717, 1.165) is 23.6 Å². The molecule has 28 heavy (non-hydrogen) atoms. The fraction of sp³-hybridized carbons (Fsp3) is 0.217. The molecule has 0 atom stereocenters. The average molecular weight is 375 g/mol. The van der Waals surface area contributed by atoms with E-state index in [4.69, 9.17) is 4.74 Å². The smallest absolute Gasteiger partial charge is 0.224 e. The Morgan fingerprint density at radius 1 is 1.00 bits per heavy atom. The molecule has 0 unspecified atom stereocenters. The van der Waals surface area contributed by atoms with Crippen molar-refractivity contribution in [2.24, 2.45) is 0 Å². The van der Waals surface area contributed by atoms with Crippen LogP contribution in [0.3, 0.4) is 0 Å². The highest BCUT2D eigenvalue weighted by Crippen LogP contribution is 2.28. The number of para-hydroxylation sites is 3. The summed E-state index contributed by atoms with van der Waals surface area (Å²) in [6.45, 7) is 1.24. The molecule has 0 saturated heterocycles. The Balaban J connectivity index is 1.47. The van der Waals surface area contributed by atoms with Crippen molar-refractivity contribution in [2.75, 3.05) is 25.5 Å². The van der Waals surface area contributed by atoms with Crippen LogP contribution in [0.15, 0.2) is 79.1 Å². The number of hydrogen-bond acceptors (Lipinski definition) is 4. The van der Waals surface area contributed by atoms with E-state index in [1.165, 1.54) is 5.56 Å². The molecule has 2 aromatic carbocycles. The highest BCUT2D eigenvalue weighted by molar-refractivity contribution is 5.76. The van der Waals surface area contributed by atoms with Gasteiger partial charge in [0.05, 0.1) is 5.69 Å². The van der Waals surface area contributed by atoms with Gasteiger partial charge in [-0.25, -0.2) is 0 Å². The summed E-state index contributed by atoms with van der Waals surface area (Å²) in [5.74, 6) is 1.64. The first-order valence-corrected chi connectivity index (χ1v) is 9.41. The van der Waals surface area contributed by atoms with Gasteiger partial charge >= 0.3 is 0 Å². The molecule has 0 aliphatic rings. The van der Waals surface area contributed by atoms with E-state index >= 15 is 0 Å². The third-order valence-corrected chi connectivity index (χ3v) is 4.42. The molecule has 5 heteroatoms. The van der Waals surface area contributed by atoms with Gasteiger partial charge in [0.25, 0.3) is 0 Å². The van der Waals surface area contributed by atoms with Crippen LogP contribution in [-0.2, 0) is 11.2 Å². The van der Waals surface area contributed by atoms with Gasteiger partial charge in [-0.1, -0.05) is 30.3 Å². The first-order chi connectivity index (χ1) is 13.7. The molecule has 144 valence electrons. The number of rotatable bonds is 9. The van der Waals surface area contributed by atoms with Crippen LogP contribution in [0, 0.1) is 0 Å². The second-order valence-electron chi connectivity index (χ2n) is 6.51. The summed E-state index contributed by atoms with van der Waals surface area (Å²) >= 11 is 0. The predicted octanol–water partition coefficient (Wildman–Crippen LogP) is 4.38. The van der Waals surface area contributed by atoms with Crippen LogP contribution < -0.4 is 10.1 Å². The minimum atomic E-state index is 0.114. The van der Waals surface area contributed by atoms with Gasteiger partial charge in [0.2, 0.25) is 5.91 Å². The largest absolute Gasteiger partial charge is 0.455 e. The topological polar surface area (TPSA) is 54.5 Å². The maximum Gasteiger partial charge on any atom is 0.224 e. The van der Waals surface area contributed by atoms with E-state index in [-0.39, 0.29) is 5.91 Å². The molecule has 1 aromatic heterocycles. The van der Waals surface area contributed by atoms with Crippen LogP contribution in [0.25, 0.3) is 0 Å². The maximum absolute atomic E-state index is 12.4. The molecule has 3 rings (SSSR count). The highest BCUT2D eigenvalue weighted by Gasteiger charge is 2.10. The lowest BCUT2D eigenvalue weighted by molar-refractivity contribution is -0.129. The third kappa shape index (κ3) is 5.84. The fourth-order valence-electron chi connectivity index (χ4n) is 2.78. The summed E-state index contributed by atoms with van der Waals surface area (Å²) in [4.78, 5) is 18.2. The Labute approximate surface area is 166 Å². The molecule has 0 spiro atoms. The monoisotopic (exact) mass is 375 g/mol. The molecular weight excluding hydrogens is 350 g/mol. The maximum atomic E-state index is 12.4. The first-order valence-electron chi connectivity index (χ1n) is 9.41. The molecular formula is C23H25N3O2. The zero-order chi connectivity index (χ0) is 19.6. The van der Waals surface area contributed by atoms with Crippen LogP contribution in [0.1, 0.15) is 12.0 Å². The molecule has 0 aliphatic carbocycles. The van der Waals surface area contributed by atoms with Crippen LogP contribution in [0.5, 0.6) is 11.5 Å². The molecule has 1 amide bonds. The van der Waals surface area contributed by atoms with Crippen molar-refractivity contribution in [1.29, 1.82) is 0 Å². The summed E-state index contributed by atoms with van der Waals surface area (Å²) < 4.78 is 5.94. The van der Waals surface area contributed by atoms with Gasteiger partial charge in [-0.05, 0) is 48.4 Å². The summed E-state index contributed by atoms with van der Waals surface area (Å²) in [6, 6.07) is 21.4. The Bertz CT molecular complexity index is 869. The fourth-order valence-corrected chi connectivity index (χ4v) is 2.78. The summed E-state index contributed by atoms with van der Waals surface area (Å²) in [7, 11) is 1.84. The van der Waals surface area contributed by atoms with Gasteiger partial charge in [0, 0.05) is 39.0 Å². The number of nitrogens with zero attached hydrogens (tertiary/aromatic N) is 2. The number of hydrogen-bond donors (Lipinski definition) is 1. The van der Waals surface area contributed by atoms with Crippen molar-refractivity contribution in [3.05, 3.63) is 84.7 Å². The number of carbonyl (C=O) groups is 1. The van der Waals surface area contributed by atoms with Gasteiger partial charge in [-0.2, -0.15) is 0 Å². The standard InChI is InChI=1S/C23H25N3O2/c1-26(18-14-19-11-15-24-16-12-19)23(27)13-17-25-21-9-5-6-10-22(21)28-20-7-3-2-4-8-20/h2-12,15-16,25H,13-14,17-18H2,1H3. The van der Waals surface area contributed by atoms with E-state index in [2.05, 4.69) is 10.3 Å². The van der Waals surface area contributed by atoms with E-state index in [1.807, 2.05) is 73.8 Å². The molecule has 0 bridgehead atoms. The van der Waals surface area contributed by atoms with Crippen molar-refractivity contribution < 1.29 is 9.53 Å². The molecule has 0 saturated carbocycles. The van der Waals surface area contributed by atoms with Crippen LogP contribution in [0.2, 0.25) is 0 Å². The van der Waals surface area contributed by atoms with Gasteiger partial charge in [0.1, 0.15) is 5.75 Å². The van der Waals surface area contributed by atoms with Crippen molar-refractivity contribution in [3.8, 4) is 11.5 Å². The Morgan fingerprint density at radius 3 is 2.50 bits per heavy atom. The Morgan fingerprint density at radius 2 is 1.71 bits per heavy atom. The van der Waals surface area contributed by atoms with Crippen molar-refractivity contribution in [2.45, 2.75) is 12.8 Å². The van der Waals surface area contributed by atoms with Gasteiger partial charge < -0.3 is 15.0 Å². The number of carbonyl (C=O) groups excluding carboxylic acids is 1. The number of pyridine rings is 1. The molecule has 1 N–H and O–H groups in total. The zero-order valence-corrected chi connectivity index (χ0v) is 16.0. The molecule has 1 heterocycles. The molecule has 3 aromatic rings. The molecule has 5 nitrogen and oxygen atoms in total. The normalized spacial score (nSPS) is 10.3. The first kappa shape index (κ1) is 19.4. The quantitative estimate of drug-likeness (QED) is 0.603. The molecule has 0 radical (unpaired) electrons. The number of likely N-dealkylation sites (N-methyl/N-ethyl adjacent to an activating group) is 1. The van der Waals surface area contributed by atoms with Gasteiger partial charge in [-0.3, -0.25) is 9.78 Å². The predicted molar refractivity (Wildman–Crippen MR) is 112 cm³/mol. The summed E-state index contributed by atoms with van der Waals surface area (Å²) in [5.41, 5.74) is 2.05. The van der Waals surface area contributed by atoms with E-state index in [0.29, 0.717) is 19.5 Å². The number of benzene rings is 2. The number of ether oxygens (including phenoxy) is 1. The van der Waals surface area contributed by atoms with E-state index in [9.17, 15) is 4.79 Å². The zero-order valence-electron chi connectivity index (χ0n) is 16.0. The lowest BCUT2D eigenvalue weighted by atomic mass is 10.2. The number of anilines is 1. The second kappa shape index (κ2) is 10.1. The van der Waals surface area contributed by atoms with E-state index in [1.54, 1.807) is 17.3 Å². The Hall–Kier alpha value is -3.34. The van der Waals surface area contributed by atoms with Gasteiger partial charge in [-0.15, -0.1) is 0 Å². The molecule has 0 aliphatic heterocycles. The van der Waals surface area contributed by atoms with Gasteiger partial charge in [0.15, 0.2) is 5.75 Å². The van der Waals surface area contributed by atoms with Crippen LogP contribution in [0.4, 0.5) is 5.69 Å². The molecule has 0 fully saturated rings. The second-order valence-corrected chi connectivity index (χ2v) is 6.51. The average Bonchev–Trinajstić information content (AvgIpc) is 2.74. The van der Waals surface area contributed by atoms with Crippen LogP contribution in [-0.4, -0.2) is 35.9 Å². The number of aromatic nitrogens is 1. The highest BCUT2D eigenvalue weighted by atomic mass is 16.5. The van der Waals surface area contributed by atoms with E-state index < -0.39 is 0 Å². The lowest BCUT2D eigenvalue weighted by Crippen LogP contribution is -2.30. The summed E-state index contributed by atoms with van der Waals surface area (Å²) in [5, 5.41) is 3.31. The third-order valence-electron chi connectivity index (χ3n) is 4.42. The van der Waals surface area contributed by atoms with Crippen molar-refractivity contribution in [3.63, 3.8) is 0 Å². The number of nitrogens with one attached hydrogen (secondary N) is 1. The SMILES string of the molecule is CN(CCc1ccncc1)C(=O)CCNc1ccccc1Oc1ccccc1. The minimum absolute atomic E-state index is 0.114. The number of amides is 1. The summed E-state index contributed by atoms with van der Waals surface area (Å²) in [6.07, 6.45) is 4.80.